The Kier molecular flexibility index (Phi) is 5.85. The molecular weight excluding hydrogens is 449 g/mol. The maximum Gasteiger partial charge on any atom is 0.252 e. The van der Waals surface area contributed by atoms with E-state index in [0.29, 0.717) is 19.4 Å². The highest BCUT2D eigenvalue weighted by Gasteiger charge is 2.56. The van der Waals surface area contributed by atoms with E-state index in [1.165, 1.54) is 6.07 Å². The molecule has 3 fully saturated rings. The lowest BCUT2D eigenvalue weighted by Gasteiger charge is -2.42. The molecule has 2 aromatic carbocycles. The van der Waals surface area contributed by atoms with Gasteiger partial charge in [0.2, 0.25) is 5.91 Å². The molecule has 4 atom stereocenters. The predicted molar refractivity (Wildman–Crippen MR) is 116 cm³/mol. The quantitative estimate of drug-likeness (QED) is 0.740. The van der Waals surface area contributed by atoms with E-state index in [4.69, 9.17) is 9.47 Å². The van der Waals surface area contributed by atoms with Crippen molar-refractivity contribution in [2.45, 2.75) is 49.9 Å². The van der Waals surface area contributed by atoms with Gasteiger partial charge in [0.15, 0.2) is 0 Å². The van der Waals surface area contributed by atoms with Gasteiger partial charge < -0.3 is 19.7 Å². The number of morpholine rings is 1. The van der Waals surface area contributed by atoms with Crippen LogP contribution in [0.2, 0.25) is 0 Å². The second kappa shape index (κ2) is 8.70. The maximum absolute atomic E-state index is 15.7. The molecule has 0 aliphatic carbocycles. The van der Waals surface area contributed by atoms with Gasteiger partial charge in [0, 0.05) is 24.1 Å². The molecule has 180 valence electrons. The second-order valence-corrected chi connectivity index (χ2v) is 9.30. The Balaban J connectivity index is 1.53. The number of likely N-dealkylation sites (tertiary alicyclic amines) is 1. The second-order valence-electron chi connectivity index (χ2n) is 9.30. The van der Waals surface area contributed by atoms with Crippen molar-refractivity contribution >= 4 is 11.8 Å². The summed E-state index contributed by atoms with van der Waals surface area (Å²) in [5.74, 6) is -2.71. The van der Waals surface area contributed by atoms with E-state index in [9.17, 15) is 18.4 Å². The molecule has 0 bridgehead atoms. The van der Waals surface area contributed by atoms with Crippen LogP contribution in [0.3, 0.4) is 0 Å². The molecule has 3 saturated heterocycles. The fraction of sp³-hybridized carbons (Fsp3) is 0.440. The number of hydrogen-bond donors (Lipinski definition) is 1. The zero-order valence-corrected chi connectivity index (χ0v) is 18.7. The van der Waals surface area contributed by atoms with Crippen molar-refractivity contribution in [2.24, 2.45) is 0 Å². The van der Waals surface area contributed by atoms with E-state index >= 15 is 4.39 Å². The third kappa shape index (κ3) is 3.96. The summed E-state index contributed by atoms with van der Waals surface area (Å²) in [6.07, 6.45) is 0.605. The largest absolute Gasteiger partial charge is 0.369 e. The highest BCUT2D eigenvalue weighted by atomic mass is 19.1. The Bertz CT molecular complexity index is 1120. The number of nitrogens with one attached hydrogen (secondary N) is 1. The summed E-state index contributed by atoms with van der Waals surface area (Å²) in [5, 5.41) is 3.01. The van der Waals surface area contributed by atoms with Crippen molar-refractivity contribution < 1.29 is 32.2 Å². The van der Waals surface area contributed by atoms with Gasteiger partial charge in [-0.25, -0.2) is 13.2 Å². The van der Waals surface area contributed by atoms with Crippen LogP contribution in [-0.2, 0) is 25.5 Å². The molecule has 1 spiro atoms. The number of benzene rings is 2. The minimum atomic E-state index is -0.873. The van der Waals surface area contributed by atoms with Crippen molar-refractivity contribution in [1.29, 1.82) is 0 Å². The number of hydrogen-bond acceptors (Lipinski definition) is 4. The average molecular weight is 474 g/mol. The van der Waals surface area contributed by atoms with Crippen LogP contribution in [0.5, 0.6) is 0 Å². The molecule has 6 nitrogen and oxygen atoms in total. The molecule has 3 aliphatic heterocycles. The summed E-state index contributed by atoms with van der Waals surface area (Å²) < 4.78 is 54.2. The smallest absolute Gasteiger partial charge is 0.252 e. The fourth-order valence-corrected chi connectivity index (χ4v) is 5.44. The van der Waals surface area contributed by atoms with E-state index in [1.54, 1.807) is 17.0 Å². The van der Waals surface area contributed by atoms with E-state index in [-0.39, 0.29) is 54.2 Å². The Morgan fingerprint density at radius 1 is 1.21 bits per heavy atom. The molecule has 9 heteroatoms. The molecule has 3 aliphatic rings. The van der Waals surface area contributed by atoms with E-state index in [2.05, 4.69) is 5.32 Å². The van der Waals surface area contributed by atoms with Gasteiger partial charge in [0.05, 0.1) is 24.8 Å². The van der Waals surface area contributed by atoms with E-state index in [1.807, 2.05) is 6.92 Å². The first-order chi connectivity index (χ1) is 16.3. The Morgan fingerprint density at radius 2 is 1.94 bits per heavy atom. The monoisotopic (exact) mass is 474 g/mol. The summed E-state index contributed by atoms with van der Waals surface area (Å²) in [6, 6.07) is 6.71. The van der Waals surface area contributed by atoms with Crippen LogP contribution < -0.4 is 5.32 Å². The molecule has 0 aromatic heterocycles. The van der Waals surface area contributed by atoms with Crippen LogP contribution in [0.4, 0.5) is 13.2 Å². The van der Waals surface area contributed by atoms with Crippen molar-refractivity contribution in [1.82, 2.24) is 10.2 Å². The van der Waals surface area contributed by atoms with Gasteiger partial charge in [-0.05, 0) is 43.0 Å². The zero-order valence-electron chi connectivity index (χ0n) is 18.7. The molecule has 2 aromatic rings. The maximum atomic E-state index is 15.7. The summed E-state index contributed by atoms with van der Waals surface area (Å²) in [6.45, 7) is 2.52. The highest BCUT2D eigenvalue weighted by molar-refractivity contribution is 5.84. The van der Waals surface area contributed by atoms with Crippen LogP contribution in [0.1, 0.15) is 25.3 Å². The van der Waals surface area contributed by atoms with E-state index < -0.39 is 35.1 Å². The third-order valence-corrected chi connectivity index (χ3v) is 6.98. The summed E-state index contributed by atoms with van der Waals surface area (Å²) in [4.78, 5) is 27.2. The first-order valence-corrected chi connectivity index (χ1v) is 11.3. The van der Waals surface area contributed by atoms with Crippen LogP contribution in [0, 0.1) is 17.5 Å². The van der Waals surface area contributed by atoms with Gasteiger partial charge in [-0.15, -0.1) is 0 Å². The Labute approximate surface area is 195 Å². The third-order valence-electron chi connectivity index (χ3n) is 6.98. The van der Waals surface area contributed by atoms with Crippen LogP contribution in [0.15, 0.2) is 36.4 Å². The number of amides is 2. The number of carbonyl (C=O) groups is 2. The number of nitrogens with zero attached hydrogens (tertiary/aromatic N) is 1. The molecule has 34 heavy (non-hydrogen) atoms. The van der Waals surface area contributed by atoms with Gasteiger partial charge in [-0.2, -0.15) is 0 Å². The summed E-state index contributed by atoms with van der Waals surface area (Å²) >= 11 is 0. The first kappa shape index (κ1) is 22.9. The molecule has 1 unspecified atom stereocenters. The van der Waals surface area contributed by atoms with Crippen molar-refractivity contribution in [3.8, 4) is 11.1 Å². The molecule has 3 heterocycles. The molecule has 0 saturated carbocycles. The lowest BCUT2D eigenvalue weighted by atomic mass is 9.84. The van der Waals surface area contributed by atoms with Crippen molar-refractivity contribution in [3.63, 3.8) is 0 Å². The summed E-state index contributed by atoms with van der Waals surface area (Å²) in [5.41, 5.74) is -0.467. The van der Waals surface area contributed by atoms with Gasteiger partial charge in [0.25, 0.3) is 5.91 Å². The number of carbonyl (C=O) groups excluding carboxylic acids is 2. The fourth-order valence-electron chi connectivity index (χ4n) is 5.44. The van der Waals surface area contributed by atoms with Crippen molar-refractivity contribution in [3.05, 3.63) is 59.4 Å². The minimum Gasteiger partial charge on any atom is -0.369 e. The van der Waals surface area contributed by atoms with Crippen molar-refractivity contribution in [2.75, 3.05) is 19.8 Å². The topological polar surface area (TPSA) is 67.9 Å². The zero-order chi connectivity index (χ0) is 24.0. The first-order valence-electron chi connectivity index (χ1n) is 11.3. The number of ether oxygens (including phenoxy) is 2. The van der Waals surface area contributed by atoms with Gasteiger partial charge >= 0.3 is 0 Å². The molecule has 1 N–H and O–H groups in total. The normalized spacial score (nSPS) is 28.6. The van der Waals surface area contributed by atoms with Crippen LogP contribution in [0.25, 0.3) is 11.1 Å². The Morgan fingerprint density at radius 3 is 2.59 bits per heavy atom. The lowest BCUT2D eigenvalue weighted by molar-refractivity contribution is -0.160. The van der Waals surface area contributed by atoms with Gasteiger partial charge in [0.1, 0.15) is 30.2 Å². The molecular formula is C25H25F3N2O4. The highest BCUT2D eigenvalue weighted by Crippen LogP contribution is 2.39. The van der Waals surface area contributed by atoms with Gasteiger partial charge in [-0.3, -0.25) is 9.59 Å². The van der Waals surface area contributed by atoms with Gasteiger partial charge in [-0.1, -0.05) is 18.2 Å². The number of halogens is 3. The standard InChI is InChI=1S/C25H25F3N2O4/c1-14-11-25(13-33-12-22(31)29-25)21(30(14)24(32)20-5-6-34-20)9-15-3-2-4-19(23(15)28)16-7-17(26)10-18(27)8-16/h2-4,7-8,10,14,20-21H,5-6,9,11-13H2,1H3,(H,29,31)/t14-,20?,21+,25-/m1/s1. The molecule has 0 radical (unpaired) electrons. The minimum absolute atomic E-state index is 0.0557. The van der Waals surface area contributed by atoms with E-state index in [0.717, 1.165) is 18.2 Å². The Hall–Kier alpha value is -2.91. The van der Waals surface area contributed by atoms with Crippen LogP contribution in [-0.4, -0.2) is 60.3 Å². The molecule has 5 rings (SSSR count). The predicted octanol–water partition coefficient (Wildman–Crippen LogP) is 2.98. The molecule has 2 amide bonds. The van der Waals surface area contributed by atoms with Crippen LogP contribution >= 0.6 is 0 Å². The SMILES string of the molecule is C[C@@H]1C[C@@]2(COCC(=O)N2)[C@H](Cc2cccc(-c3cc(F)cc(F)c3)c2F)N1C(=O)C1CCO1. The number of rotatable bonds is 4. The average Bonchev–Trinajstić information content (AvgIpc) is 2.97. The summed E-state index contributed by atoms with van der Waals surface area (Å²) in [7, 11) is 0. The lowest BCUT2D eigenvalue weighted by Crippen LogP contribution is -2.65.